The molecule has 1 atom stereocenters. The van der Waals surface area contributed by atoms with Crippen LogP contribution < -0.4 is 0 Å². The first kappa shape index (κ1) is 12.0. The number of hydrogen-bond donors (Lipinski definition) is 0. The lowest BCUT2D eigenvalue weighted by atomic mass is 10.2. The van der Waals surface area contributed by atoms with Crippen molar-refractivity contribution in [2.45, 2.75) is 32.2 Å². The van der Waals surface area contributed by atoms with Crippen molar-refractivity contribution in [1.29, 1.82) is 5.26 Å². The van der Waals surface area contributed by atoms with Gasteiger partial charge in [0.15, 0.2) is 0 Å². The third kappa shape index (κ3) is 3.21. The Bertz CT molecular complexity index is 259. The van der Waals surface area contributed by atoms with Crippen LogP contribution in [0.2, 0.25) is 0 Å². The zero-order valence-electron chi connectivity index (χ0n) is 9.57. The van der Waals surface area contributed by atoms with Gasteiger partial charge in [0.25, 0.3) is 0 Å². The topological polar surface area (TPSA) is 47.3 Å². The van der Waals surface area contributed by atoms with Crippen LogP contribution in [0.25, 0.3) is 0 Å². The number of likely N-dealkylation sites (N-methyl/N-ethyl adjacent to an activating group) is 2. The molecule has 0 saturated carbocycles. The van der Waals surface area contributed by atoms with Crippen LogP contribution in [-0.2, 0) is 4.79 Å². The van der Waals surface area contributed by atoms with Crippen molar-refractivity contribution in [3.05, 3.63) is 0 Å². The van der Waals surface area contributed by atoms with Gasteiger partial charge in [0.1, 0.15) is 6.42 Å². The number of amides is 1. The molecule has 1 unspecified atom stereocenters. The van der Waals surface area contributed by atoms with Gasteiger partial charge in [-0.1, -0.05) is 6.92 Å². The van der Waals surface area contributed by atoms with E-state index < -0.39 is 0 Å². The first-order chi connectivity index (χ1) is 7.19. The molecule has 4 heteroatoms. The second-order valence-corrected chi connectivity index (χ2v) is 4.03. The maximum atomic E-state index is 11.4. The minimum absolute atomic E-state index is 0.00462. The van der Waals surface area contributed by atoms with Crippen molar-refractivity contribution >= 4 is 5.91 Å². The van der Waals surface area contributed by atoms with E-state index >= 15 is 0 Å². The Labute approximate surface area is 91.5 Å². The molecule has 0 spiro atoms. The van der Waals surface area contributed by atoms with Gasteiger partial charge in [-0.2, -0.15) is 5.26 Å². The summed E-state index contributed by atoms with van der Waals surface area (Å²) in [6, 6.07) is 2.38. The Morgan fingerprint density at radius 3 is 3.00 bits per heavy atom. The minimum Gasteiger partial charge on any atom is -0.343 e. The Balaban J connectivity index is 2.40. The van der Waals surface area contributed by atoms with Crippen molar-refractivity contribution in [2.24, 2.45) is 0 Å². The van der Waals surface area contributed by atoms with Crippen LogP contribution >= 0.6 is 0 Å². The molecule has 0 N–H and O–H groups in total. The summed E-state index contributed by atoms with van der Waals surface area (Å²) in [5.41, 5.74) is 0. The highest BCUT2D eigenvalue weighted by Crippen LogP contribution is 2.17. The summed E-state index contributed by atoms with van der Waals surface area (Å²) in [6.45, 7) is 5.09. The highest BCUT2D eigenvalue weighted by Gasteiger charge is 2.25. The molecule has 0 aromatic carbocycles. The number of carbonyl (C=O) groups is 1. The van der Waals surface area contributed by atoms with E-state index in [2.05, 4.69) is 11.8 Å². The summed E-state index contributed by atoms with van der Waals surface area (Å²) in [5, 5.41) is 8.44. The van der Waals surface area contributed by atoms with Crippen LogP contribution in [0.15, 0.2) is 0 Å². The van der Waals surface area contributed by atoms with Gasteiger partial charge >= 0.3 is 0 Å². The van der Waals surface area contributed by atoms with Gasteiger partial charge < -0.3 is 4.90 Å². The quantitative estimate of drug-likeness (QED) is 0.689. The number of nitriles is 1. The fourth-order valence-corrected chi connectivity index (χ4v) is 2.14. The standard InChI is InChI=1S/C11H19N3O/c1-3-14-8-4-5-10(14)9-13(2)11(15)6-7-12/h10H,3-6,8-9H2,1-2H3. The van der Waals surface area contributed by atoms with Gasteiger partial charge in [-0.3, -0.25) is 9.69 Å². The van der Waals surface area contributed by atoms with Crippen LogP contribution in [0.5, 0.6) is 0 Å². The van der Waals surface area contributed by atoms with Gasteiger partial charge in [0.2, 0.25) is 5.91 Å². The Kier molecular flexibility index (Phi) is 4.57. The number of hydrogen-bond acceptors (Lipinski definition) is 3. The number of nitrogens with zero attached hydrogens (tertiary/aromatic N) is 3. The van der Waals surface area contributed by atoms with Gasteiger partial charge in [0, 0.05) is 19.6 Å². The molecule has 1 aliphatic heterocycles. The van der Waals surface area contributed by atoms with Crippen molar-refractivity contribution < 1.29 is 4.79 Å². The monoisotopic (exact) mass is 209 g/mol. The van der Waals surface area contributed by atoms with Crippen LogP contribution in [0.1, 0.15) is 26.2 Å². The van der Waals surface area contributed by atoms with Crippen LogP contribution in [-0.4, -0.2) is 48.4 Å². The molecular weight excluding hydrogens is 190 g/mol. The fraction of sp³-hybridized carbons (Fsp3) is 0.818. The highest BCUT2D eigenvalue weighted by atomic mass is 16.2. The smallest absolute Gasteiger partial charge is 0.236 e. The number of carbonyl (C=O) groups excluding carboxylic acids is 1. The van der Waals surface area contributed by atoms with Gasteiger partial charge in [0.05, 0.1) is 6.07 Å². The molecular formula is C11H19N3O. The van der Waals surface area contributed by atoms with E-state index in [0.717, 1.165) is 26.1 Å². The predicted molar refractivity (Wildman–Crippen MR) is 58.1 cm³/mol. The van der Waals surface area contributed by atoms with E-state index in [0.29, 0.717) is 6.04 Å². The van der Waals surface area contributed by atoms with E-state index in [1.807, 2.05) is 6.07 Å². The highest BCUT2D eigenvalue weighted by molar-refractivity contribution is 5.77. The first-order valence-electron chi connectivity index (χ1n) is 5.54. The molecule has 1 fully saturated rings. The molecule has 1 aliphatic rings. The molecule has 0 aliphatic carbocycles. The summed E-state index contributed by atoms with van der Waals surface area (Å²) in [6.07, 6.45) is 2.38. The van der Waals surface area contributed by atoms with E-state index in [4.69, 9.17) is 5.26 Å². The second-order valence-electron chi connectivity index (χ2n) is 4.03. The predicted octanol–water partition coefficient (Wildman–Crippen LogP) is 0.843. The summed E-state index contributed by atoms with van der Waals surface area (Å²) < 4.78 is 0. The summed E-state index contributed by atoms with van der Waals surface area (Å²) in [4.78, 5) is 15.5. The maximum Gasteiger partial charge on any atom is 0.236 e. The average Bonchev–Trinajstić information content (AvgIpc) is 2.65. The fourth-order valence-electron chi connectivity index (χ4n) is 2.14. The van der Waals surface area contributed by atoms with E-state index in [-0.39, 0.29) is 12.3 Å². The minimum atomic E-state index is -0.0690. The molecule has 15 heavy (non-hydrogen) atoms. The van der Waals surface area contributed by atoms with Crippen LogP contribution in [0.4, 0.5) is 0 Å². The summed E-state index contributed by atoms with van der Waals surface area (Å²) in [5.74, 6) is -0.0690. The summed E-state index contributed by atoms with van der Waals surface area (Å²) >= 11 is 0. The molecule has 1 rings (SSSR count). The molecule has 0 bridgehead atoms. The van der Waals surface area contributed by atoms with Crippen molar-refractivity contribution in [3.63, 3.8) is 0 Å². The normalized spacial score (nSPS) is 21.3. The van der Waals surface area contributed by atoms with Gasteiger partial charge in [-0.25, -0.2) is 0 Å². The average molecular weight is 209 g/mol. The lowest BCUT2D eigenvalue weighted by Crippen LogP contribution is -2.40. The lowest BCUT2D eigenvalue weighted by molar-refractivity contribution is -0.129. The zero-order valence-corrected chi connectivity index (χ0v) is 9.57. The van der Waals surface area contributed by atoms with Crippen LogP contribution in [0.3, 0.4) is 0 Å². The zero-order chi connectivity index (χ0) is 11.3. The first-order valence-corrected chi connectivity index (χ1v) is 5.54. The Morgan fingerprint density at radius 1 is 1.67 bits per heavy atom. The maximum absolute atomic E-state index is 11.4. The largest absolute Gasteiger partial charge is 0.343 e. The van der Waals surface area contributed by atoms with Gasteiger partial charge in [-0.05, 0) is 25.9 Å². The number of rotatable bonds is 4. The molecule has 1 saturated heterocycles. The SMILES string of the molecule is CCN1CCCC1CN(C)C(=O)CC#N. The van der Waals surface area contributed by atoms with Crippen LogP contribution in [0, 0.1) is 11.3 Å². The van der Waals surface area contributed by atoms with Gasteiger partial charge in [-0.15, -0.1) is 0 Å². The Morgan fingerprint density at radius 2 is 2.40 bits per heavy atom. The molecule has 0 radical (unpaired) electrons. The lowest BCUT2D eigenvalue weighted by Gasteiger charge is -2.27. The third-order valence-electron chi connectivity index (χ3n) is 3.05. The molecule has 1 heterocycles. The molecule has 1 amide bonds. The third-order valence-corrected chi connectivity index (χ3v) is 3.05. The molecule has 0 aromatic heterocycles. The second kappa shape index (κ2) is 5.72. The van der Waals surface area contributed by atoms with Crippen molar-refractivity contribution in [2.75, 3.05) is 26.7 Å². The summed E-state index contributed by atoms with van der Waals surface area (Å²) in [7, 11) is 1.78. The molecule has 84 valence electrons. The Hall–Kier alpha value is -1.08. The molecule has 4 nitrogen and oxygen atoms in total. The van der Waals surface area contributed by atoms with Crippen molar-refractivity contribution in [1.82, 2.24) is 9.80 Å². The number of likely N-dealkylation sites (tertiary alicyclic amines) is 1. The molecule has 0 aromatic rings. The van der Waals surface area contributed by atoms with E-state index in [9.17, 15) is 4.79 Å². The van der Waals surface area contributed by atoms with Crippen molar-refractivity contribution in [3.8, 4) is 6.07 Å². The van der Waals surface area contributed by atoms with E-state index in [1.54, 1.807) is 11.9 Å². The van der Waals surface area contributed by atoms with E-state index in [1.165, 1.54) is 6.42 Å².